The zero-order valence-electron chi connectivity index (χ0n) is 16.2. The van der Waals surface area contributed by atoms with Gasteiger partial charge in [0, 0.05) is 10.7 Å². The molecule has 0 spiro atoms. The number of halogens is 1. The zero-order chi connectivity index (χ0) is 21.2. The number of nitrogens with one attached hydrogen (secondary N) is 1. The van der Waals surface area contributed by atoms with Crippen molar-refractivity contribution < 1.29 is 10.0 Å². The van der Waals surface area contributed by atoms with E-state index < -0.39 is 16.9 Å². The Morgan fingerprint density at radius 2 is 2.03 bits per heavy atom. The SMILES string of the molecule is Cc1ccc(/C=N\N2C(=S)SC(C)(C)[C@H]2N(O)C(=O)Nc2cccc(Cl)c2)cc1. The molecule has 152 valence electrons. The lowest BCUT2D eigenvalue weighted by atomic mass is 10.1. The Labute approximate surface area is 184 Å². The van der Waals surface area contributed by atoms with Crippen LogP contribution in [0.25, 0.3) is 0 Å². The second-order valence-electron chi connectivity index (χ2n) is 7.13. The van der Waals surface area contributed by atoms with E-state index in [1.165, 1.54) is 16.8 Å². The summed E-state index contributed by atoms with van der Waals surface area (Å²) in [6.07, 6.45) is 0.865. The maximum atomic E-state index is 12.7. The molecule has 1 aliphatic heterocycles. The van der Waals surface area contributed by atoms with Crippen LogP contribution in [-0.4, -0.2) is 42.8 Å². The third-order valence-corrected chi connectivity index (χ3v) is 6.09. The van der Waals surface area contributed by atoms with Gasteiger partial charge in [-0.2, -0.15) is 10.2 Å². The summed E-state index contributed by atoms with van der Waals surface area (Å²) < 4.78 is -0.111. The molecule has 2 aromatic rings. The summed E-state index contributed by atoms with van der Waals surface area (Å²) >= 11 is 12.8. The van der Waals surface area contributed by atoms with Gasteiger partial charge in [-0.25, -0.2) is 9.80 Å². The topological polar surface area (TPSA) is 68.2 Å². The Balaban J connectivity index is 1.81. The quantitative estimate of drug-likeness (QED) is 0.286. The van der Waals surface area contributed by atoms with E-state index in [9.17, 15) is 10.0 Å². The molecular formula is C20H21ClN4O2S2. The van der Waals surface area contributed by atoms with Gasteiger partial charge in [0.1, 0.15) is 0 Å². The van der Waals surface area contributed by atoms with Crippen molar-refractivity contribution in [2.75, 3.05) is 5.32 Å². The Kier molecular flexibility index (Phi) is 6.48. The summed E-state index contributed by atoms with van der Waals surface area (Å²) in [5.41, 5.74) is 2.51. The number of thioether (sulfide) groups is 1. The molecule has 6 nitrogen and oxygen atoms in total. The van der Waals surface area contributed by atoms with Gasteiger partial charge in [-0.1, -0.05) is 71.5 Å². The first-order valence-corrected chi connectivity index (χ1v) is 10.5. The van der Waals surface area contributed by atoms with Crippen LogP contribution in [0.4, 0.5) is 10.5 Å². The molecule has 2 amide bonds. The lowest BCUT2D eigenvalue weighted by Crippen LogP contribution is -2.54. The Morgan fingerprint density at radius 1 is 1.34 bits per heavy atom. The molecule has 9 heteroatoms. The smallest absolute Gasteiger partial charge is 0.306 e. The van der Waals surface area contributed by atoms with Crippen LogP contribution in [0.1, 0.15) is 25.0 Å². The van der Waals surface area contributed by atoms with Gasteiger partial charge >= 0.3 is 6.03 Å². The van der Waals surface area contributed by atoms with E-state index in [0.29, 0.717) is 20.1 Å². The van der Waals surface area contributed by atoms with Crippen molar-refractivity contribution in [3.63, 3.8) is 0 Å². The number of amides is 2. The van der Waals surface area contributed by atoms with Crippen molar-refractivity contribution in [2.45, 2.75) is 31.7 Å². The molecule has 1 saturated heterocycles. The fourth-order valence-corrected chi connectivity index (χ4v) is 4.84. The van der Waals surface area contributed by atoms with E-state index in [0.717, 1.165) is 11.1 Å². The standard InChI is InChI=1S/C20H21ClN4O2S2/c1-13-7-9-14(10-8-13)12-22-24-17(20(2,3)29-19(24)28)25(27)18(26)23-16-6-4-5-15(21)11-16/h4-12,17,27H,1-3H3,(H,23,26)/b22-12-/t17-/m1/s1. The first kappa shape index (κ1) is 21.6. The van der Waals surface area contributed by atoms with Gasteiger partial charge in [0.25, 0.3) is 0 Å². The van der Waals surface area contributed by atoms with Crippen molar-refractivity contribution in [1.29, 1.82) is 0 Å². The predicted molar refractivity (Wildman–Crippen MR) is 123 cm³/mol. The summed E-state index contributed by atoms with van der Waals surface area (Å²) in [5.74, 6) is 0. The van der Waals surface area contributed by atoms with Gasteiger partial charge in [-0.3, -0.25) is 5.21 Å². The van der Waals surface area contributed by atoms with E-state index >= 15 is 0 Å². The molecule has 29 heavy (non-hydrogen) atoms. The lowest BCUT2D eigenvalue weighted by Gasteiger charge is -2.34. The normalized spacial score (nSPS) is 18.3. The Bertz CT molecular complexity index is 950. The molecule has 0 radical (unpaired) electrons. The molecule has 1 heterocycles. The molecule has 0 unspecified atom stereocenters. The zero-order valence-corrected chi connectivity index (χ0v) is 18.6. The maximum Gasteiger partial charge on any atom is 0.347 e. The van der Waals surface area contributed by atoms with Gasteiger partial charge in [0.15, 0.2) is 10.5 Å². The number of nitrogens with zero attached hydrogens (tertiary/aromatic N) is 3. The number of thiocarbonyl (C=S) groups is 1. The second-order valence-corrected chi connectivity index (χ2v) is 9.85. The predicted octanol–water partition coefficient (Wildman–Crippen LogP) is 5.34. The van der Waals surface area contributed by atoms with Crippen molar-refractivity contribution >= 4 is 57.8 Å². The molecule has 0 aromatic heterocycles. The Hall–Kier alpha value is -2.13. The molecule has 3 rings (SSSR count). The highest BCUT2D eigenvalue weighted by molar-refractivity contribution is 8.24. The third-order valence-electron chi connectivity index (χ3n) is 4.32. The molecule has 0 saturated carbocycles. The fraction of sp³-hybridized carbons (Fsp3) is 0.250. The number of hydroxylamine groups is 2. The van der Waals surface area contributed by atoms with E-state index in [1.807, 2.05) is 45.0 Å². The van der Waals surface area contributed by atoms with Crippen LogP contribution < -0.4 is 5.32 Å². The van der Waals surface area contributed by atoms with Crippen molar-refractivity contribution in [3.8, 4) is 0 Å². The molecular weight excluding hydrogens is 428 g/mol. The number of carbonyl (C=O) groups is 1. The van der Waals surface area contributed by atoms with Gasteiger partial charge in [0.05, 0.1) is 11.0 Å². The lowest BCUT2D eigenvalue weighted by molar-refractivity contribution is -0.114. The fourth-order valence-electron chi connectivity index (χ4n) is 2.87. The van der Waals surface area contributed by atoms with Crippen LogP contribution >= 0.6 is 35.6 Å². The number of urea groups is 1. The summed E-state index contributed by atoms with van der Waals surface area (Å²) in [7, 11) is 0. The van der Waals surface area contributed by atoms with Gasteiger partial charge in [0.2, 0.25) is 0 Å². The summed E-state index contributed by atoms with van der Waals surface area (Å²) in [6.45, 7) is 5.80. The monoisotopic (exact) mass is 448 g/mol. The van der Waals surface area contributed by atoms with E-state index in [-0.39, 0.29) is 0 Å². The third kappa shape index (κ3) is 5.08. The number of carbonyl (C=O) groups excluding carboxylic acids is 1. The van der Waals surface area contributed by atoms with E-state index in [4.69, 9.17) is 23.8 Å². The number of hydrazone groups is 1. The van der Waals surface area contributed by atoms with Gasteiger partial charge in [-0.15, -0.1) is 0 Å². The molecule has 2 aromatic carbocycles. The minimum absolute atomic E-state index is 0.470. The summed E-state index contributed by atoms with van der Waals surface area (Å²) in [5, 5.41) is 20.4. The first-order chi connectivity index (χ1) is 13.7. The van der Waals surface area contributed by atoms with E-state index in [1.54, 1.807) is 30.5 Å². The number of hydrogen-bond donors (Lipinski definition) is 2. The summed E-state index contributed by atoms with van der Waals surface area (Å²) in [4.78, 5) is 12.7. The van der Waals surface area contributed by atoms with Crippen LogP contribution in [0.15, 0.2) is 53.6 Å². The van der Waals surface area contributed by atoms with E-state index in [2.05, 4.69) is 10.4 Å². The van der Waals surface area contributed by atoms with Crippen LogP contribution in [0, 0.1) is 6.92 Å². The van der Waals surface area contributed by atoms with Crippen LogP contribution in [0.2, 0.25) is 5.02 Å². The van der Waals surface area contributed by atoms with Crippen LogP contribution in [0.5, 0.6) is 0 Å². The number of hydrogen-bond acceptors (Lipinski definition) is 5. The highest BCUT2D eigenvalue weighted by Crippen LogP contribution is 2.42. The van der Waals surface area contributed by atoms with Crippen LogP contribution in [-0.2, 0) is 0 Å². The molecule has 0 bridgehead atoms. The number of aryl methyl sites for hydroxylation is 1. The summed E-state index contributed by atoms with van der Waals surface area (Å²) in [6, 6.07) is 13.8. The molecule has 1 atom stereocenters. The molecule has 0 aliphatic carbocycles. The number of rotatable bonds is 4. The van der Waals surface area contributed by atoms with Crippen molar-refractivity contribution in [2.24, 2.45) is 5.10 Å². The van der Waals surface area contributed by atoms with Gasteiger partial charge in [-0.05, 0) is 44.5 Å². The van der Waals surface area contributed by atoms with Crippen molar-refractivity contribution in [3.05, 3.63) is 64.7 Å². The first-order valence-electron chi connectivity index (χ1n) is 8.85. The molecule has 1 fully saturated rings. The minimum atomic E-state index is -0.791. The van der Waals surface area contributed by atoms with Crippen molar-refractivity contribution in [1.82, 2.24) is 10.1 Å². The average molecular weight is 449 g/mol. The van der Waals surface area contributed by atoms with Gasteiger partial charge < -0.3 is 5.32 Å². The minimum Gasteiger partial charge on any atom is -0.306 e. The second kappa shape index (κ2) is 8.71. The molecule has 1 aliphatic rings. The molecule has 2 N–H and O–H groups in total. The maximum absolute atomic E-state index is 12.7. The van der Waals surface area contributed by atoms with Crippen LogP contribution in [0.3, 0.4) is 0 Å². The number of anilines is 1. The Morgan fingerprint density at radius 3 is 2.69 bits per heavy atom. The highest BCUT2D eigenvalue weighted by Gasteiger charge is 2.50. The average Bonchev–Trinajstić information content (AvgIpc) is 2.88. The number of benzene rings is 2. The largest absolute Gasteiger partial charge is 0.347 e. The highest BCUT2D eigenvalue weighted by atomic mass is 35.5.